The van der Waals surface area contributed by atoms with Gasteiger partial charge >= 0.3 is 0 Å². The predicted molar refractivity (Wildman–Crippen MR) is 99.0 cm³/mol. The Hall–Kier alpha value is -3.01. The molecule has 0 spiro atoms. The zero-order chi connectivity index (χ0) is 17.8. The summed E-state index contributed by atoms with van der Waals surface area (Å²) in [5.74, 6) is 1.33. The van der Waals surface area contributed by atoms with Crippen molar-refractivity contribution in [1.29, 1.82) is 0 Å². The number of nitrogens with zero attached hydrogens (tertiary/aromatic N) is 1. The third-order valence-electron chi connectivity index (χ3n) is 4.04. The van der Waals surface area contributed by atoms with E-state index >= 15 is 0 Å². The lowest BCUT2D eigenvalue weighted by Crippen LogP contribution is -2.31. The quantitative estimate of drug-likeness (QED) is 0.706. The number of carbonyl (C=O) groups excluding carboxylic acids is 1. The van der Waals surface area contributed by atoms with Crippen LogP contribution < -0.4 is 9.47 Å². The highest BCUT2D eigenvalue weighted by Crippen LogP contribution is 2.28. The van der Waals surface area contributed by atoms with Crippen molar-refractivity contribution in [3.8, 4) is 11.5 Å². The van der Waals surface area contributed by atoms with Crippen molar-refractivity contribution in [2.24, 2.45) is 0 Å². The lowest BCUT2D eigenvalue weighted by atomic mass is 10.1. The molecule has 4 heteroatoms. The van der Waals surface area contributed by atoms with Crippen LogP contribution in [-0.4, -0.2) is 32.0 Å². The Morgan fingerprint density at radius 1 is 0.880 bits per heavy atom. The summed E-state index contributed by atoms with van der Waals surface area (Å²) in [6, 6.07) is 21.2. The smallest absolute Gasteiger partial charge is 0.267 e. The number of carbonyl (C=O) groups is 1. The number of ether oxygens (including phenoxy) is 2. The highest BCUT2D eigenvalue weighted by atomic mass is 16.5. The van der Waals surface area contributed by atoms with Gasteiger partial charge in [-0.05, 0) is 35.0 Å². The Balaban J connectivity index is 1.96. The Labute approximate surface area is 147 Å². The zero-order valence-corrected chi connectivity index (χ0v) is 14.6. The number of amides is 1. The van der Waals surface area contributed by atoms with E-state index in [1.54, 1.807) is 26.1 Å². The van der Waals surface area contributed by atoms with Crippen LogP contribution in [0.5, 0.6) is 11.5 Å². The largest absolute Gasteiger partial charge is 0.497 e. The SMILES string of the molecule is COc1ccc2ccc(O[C@H](C(=O)N(C)C)c3ccccc3)cc2c1. The van der Waals surface area contributed by atoms with E-state index < -0.39 is 6.10 Å². The van der Waals surface area contributed by atoms with Crippen molar-refractivity contribution >= 4 is 16.7 Å². The van der Waals surface area contributed by atoms with Crippen molar-refractivity contribution in [2.75, 3.05) is 21.2 Å². The van der Waals surface area contributed by atoms with Gasteiger partial charge in [-0.15, -0.1) is 0 Å². The highest BCUT2D eigenvalue weighted by molar-refractivity contribution is 5.86. The molecule has 3 rings (SSSR count). The molecule has 0 N–H and O–H groups in total. The van der Waals surface area contributed by atoms with Gasteiger partial charge in [0.2, 0.25) is 6.10 Å². The summed E-state index contributed by atoms with van der Waals surface area (Å²) < 4.78 is 11.4. The first-order valence-electron chi connectivity index (χ1n) is 8.09. The summed E-state index contributed by atoms with van der Waals surface area (Å²) in [5.41, 5.74) is 0.826. The second-order valence-electron chi connectivity index (χ2n) is 6.02. The summed E-state index contributed by atoms with van der Waals surface area (Å²) >= 11 is 0. The van der Waals surface area contributed by atoms with Gasteiger partial charge in [-0.3, -0.25) is 4.79 Å². The third-order valence-corrected chi connectivity index (χ3v) is 4.04. The maximum atomic E-state index is 12.6. The minimum atomic E-state index is -0.681. The molecule has 0 unspecified atom stereocenters. The highest BCUT2D eigenvalue weighted by Gasteiger charge is 2.24. The maximum Gasteiger partial charge on any atom is 0.267 e. The second-order valence-corrected chi connectivity index (χ2v) is 6.02. The summed E-state index contributed by atoms with van der Waals surface area (Å²) in [4.78, 5) is 14.1. The van der Waals surface area contributed by atoms with Crippen LogP contribution in [0.2, 0.25) is 0 Å². The van der Waals surface area contributed by atoms with E-state index in [1.165, 1.54) is 0 Å². The molecule has 0 aliphatic rings. The number of fused-ring (bicyclic) bond motifs is 1. The van der Waals surface area contributed by atoms with Gasteiger partial charge in [0.25, 0.3) is 5.91 Å². The molecule has 0 heterocycles. The molecule has 1 atom stereocenters. The molecule has 0 saturated heterocycles. The lowest BCUT2D eigenvalue weighted by molar-refractivity contribution is -0.136. The van der Waals surface area contributed by atoms with E-state index in [-0.39, 0.29) is 5.91 Å². The van der Waals surface area contributed by atoms with Crippen LogP contribution in [-0.2, 0) is 4.79 Å². The number of hydrogen-bond acceptors (Lipinski definition) is 3. The number of benzene rings is 3. The lowest BCUT2D eigenvalue weighted by Gasteiger charge is -2.22. The molecule has 0 bridgehead atoms. The van der Waals surface area contributed by atoms with Gasteiger partial charge in [-0.25, -0.2) is 0 Å². The molecule has 0 radical (unpaired) electrons. The molecule has 3 aromatic carbocycles. The van der Waals surface area contributed by atoms with Gasteiger partial charge < -0.3 is 14.4 Å². The summed E-state index contributed by atoms with van der Waals surface area (Å²) in [7, 11) is 5.10. The van der Waals surface area contributed by atoms with Gasteiger partial charge in [-0.2, -0.15) is 0 Å². The van der Waals surface area contributed by atoms with Crippen LogP contribution in [0.15, 0.2) is 66.7 Å². The normalized spacial score (nSPS) is 11.8. The van der Waals surface area contributed by atoms with Gasteiger partial charge in [0, 0.05) is 19.7 Å². The van der Waals surface area contributed by atoms with Crippen LogP contribution in [0.4, 0.5) is 0 Å². The van der Waals surface area contributed by atoms with Crippen LogP contribution in [0, 0.1) is 0 Å². The average Bonchev–Trinajstić information content (AvgIpc) is 2.65. The number of methoxy groups -OCH3 is 1. The van der Waals surface area contributed by atoms with E-state index in [4.69, 9.17) is 9.47 Å². The number of hydrogen-bond donors (Lipinski definition) is 0. The second kappa shape index (κ2) is 7.26. The van der Waals surface area contributed by atoms with E-state index in [9.17, 15) is 4.79 Å². The molecule has 25 heavy (non-hydrogen) atoms. The van der Waals surface area contributed by atoms with E-state index in [0.717, 1.165) is 22.1 Å². The Bertz CT molecular complexity index is 875. The molecule has 0 aromatic heterocycles. The van der Waals surface area contributed by atoms with Gasteiger partial charge in [0.1, 0.15) is 11.5 Å². The topological polar surface area (TPSA) is 38.8 Å². The number of rotatable bonds is 5. The van der Waals surface area contributed by atoms with Crippen LogP contribution >= 0.6 is 0 Å². The number of likely N-dealkylation sites (N-methyl/N-ethyl adjacent to an activating group) is 1. The van der Waals surface area contributed by atoms with Crippen LogP contribution in [0.25, 0.3) is 10.8 Å². The molecule has 128 valence electrons. The zero-order valence-electron chi connectivity index (χ0n) is 14.6. The molecule has 0 saturated carbocycles. The monoisotopic (exact) mass is 335 g/mol. The average molecular weight is 335 g/mol. The molecule has 0 aliphatic carbocycles. The van der Waals surface area contributed by atoms with E-state index in [2.05, 4.69) is 0 Å². The Morgan fingerprint density at radius 3 is 2.16 bits per heavy atom. The molecule has 0 aliphatic heterocycles. The fourth-order valence-corrected chi connectivity index (χ4v) is 2.66. The third kappa shape index (κ3) is 3.74. The first-order chi connectivity index (χ1) is 12.1. The minimum Gasteiger partial charge on any atom is -0.497 e. The molecular weight excluding hydrogens is 314 g/mol. The molecule has 4 nitrogen and oxygen atoms in total. The maximum absolute atomic E-state index is 12.6. The van der Waals surface area contributed by atoms with Crippen molar-refractivity contribution in [1.82, 2.24) is 4.90 Å². The molecule has 0 fully saturated rings. The van der Waals surface area contributed by atoms with Crippen LogP contribution in [0.3, 0.4) is 0 Å². The molecule has 1 amide bonds. The summed E-state index contributed by atoms with van der Waals surface area (Å²) in [6.07, 6.45) is -0.681. The first kappa shape index (κ1) is 16.8. The van der Waals surface area contributed by atoms with Crippen molar-refractivity contribution in [3.05, 3.63) is 72.3 Å². The van der Waals surface area contributed by atoms with Gasteiger partial charge in [0.05, 0.1) is 7.11 Å². The van der Waals surface area contributed by atoms with E-state index in [0.29, 0.717) is 5.75 Å². The fourth-order valence-electron chi connectivity index (χ4n) is 2.66. The standard InChI is InChI=1S/C21H21NO3/c1-22(2)21(23)20(16-7-5-4-6-8-16)25-19-12-10-15-9-11-18(24-3)13-17(15)14-19/h4-14,20H,1-3H3/t20-/m0/s1. The minimum absolute atomic E-state index is 0.100. The summed E-state index contributed by atoms with van der Waals surface area (Å²) in [5, 5.41) is 2.09. The van der Waals surface area contributed by atoms with Crippen molar-refractivity contribution in [2.45, 2.75) is 6.10 Å². The predicted octanol–water partition coefficient (Wildman–Crippen LogP) is 4.06. The van der Waals surface area contributed by atoms with Crippen LogP contribution in [0.1, 0.15) is 11.7 Å². The van der Waals surface area contributed by atoms with Gasteiger partial charge in [0.15, 0.2) is 0 Å². The first-order valence-corrected chi connectivity index (χ1v) is 8.09. The Kier molecular flexibility index (Phi) is 4.89. The molecule has 3 aromatic rings. The Morgan fingerprint density at radius 2 is 1.52 bits per heavy atom. The molecular formula is C21H21NO3. The fraction of sp³-hybridized carbons (Fsp3) is 0.190. The van der Waals surface area contributed by atoms with Crippen molar-refractivity contribution < 1.29 is 14.3 Å². The van der Waals surface area contributed by atoms with Crippen molar-refractivity contribution in [3.63, 3.8) is 0 Å². The van der Waals surface area contributed by atoms with Gasteiger partial charge in [-0.1, -0.05) is 42.5 Å². The summed E-state index contributed by atoms with van der Waals surface area (Å²) in [6.45, 7) is 0. The van der Waals surface area contributed by atoms with E-state index in [1.807, 2.05) is 66.7 Å².